The summed E-state index contributed by atoms with van der Waals surface area (Å²) in [6.07, 6.45) is 4.09. The van der Waals surface area contributed by atoms with Crippen molar-refractivity contribution in [2.45, 2.75) is 26.3 Å². The lowest BCUT2D eigenvalue weighted by molar-refractivity contribution is -0.140. The fourth-order valence-corrected chi connectivity index (χ4v) is 4.46. The SMILES string of the molecule is COC(=O)CCc1cccc(C(=O)c2cnc(-c3cccc(Oc4ccc5[nH]ccc5c4CNC(C)=O)c3)[nH]2)c1. The minimum Gasteiger partial charge on any atom is -0.469 e. The molecule has 0 atom stereocenters. The van der Waals surface area contributed by atoms with Crippen molar-refractivity contribution in [2.24, 2.45) is 0 Å². The van der Waals surface area contributed by atoms with Crippen molar-refractivity contribution in [3.63, 3.8) is 0 Å². The van der Waals surface area contributed by atoms with Crippen molar-refractivity contribution in [1.82, 2.24) is 20.3 Å². The lowest BCUT2D eigenvalue weighted by atomic mass is 10.0. The molecule has 2 heterocycles. The number of fused-ring (bicyclic) bond motifs is 1. The summed E-state index contributed by atoms with van der Waals surface area (Å²) in [6, 6.07) is 20.3. The Bertz CT molecular complexity index is 1700. The number of rotatable bonds is 10. The maximum atomic E-state index is 13.2. The number of nitrogens with one attached hydrogen (secondary N) is 3. The van der Waals surface area contributed by atoms with Gasteiger partial charge in [-0.1, -0.05) is 30.3 Å². The fraction of sp³-hybridized carbons (Fsp3) is 0.161. The first kappa shape index (κ1) is 26.4. The lowest BCUT2D eigenvalue weighted by Crippen LogP contribution is -2.19. The van der Waals surface area contributed by atoms with E-state index in [-0.39, 0.29) is 24.1 Å². The highest BCUT2D eigenvalue weighted by Gasteiger charge is 2.16. The van der Waals surface area contributed by atoms with E-state index in [4.69, 9.17) is 9.47 Å². The molecular weight excluding hydrogens is 508 g/mol. The second kappa shape index (κ2) is 11.7. The predicted molar refractivity (Wildman–Crippen MR) is 150 cm³/mol. The average molecular weight is 537 g/mol. The van der Waals surface area contributed by atoms with Crippen LogP contribution in [0.2, 0.25) is 0 Å². The molecule has 5 rings (SSSR count). The molecule has 2 aromatic heterocycles. The number of amides is 1. The molecule has 0 fully saturated rings. The van der Waals surface area contributed by atoms with Crippen LogP contribution in [0.15, 0.2) is 79.1 Å². The van der Waals surface area contributed by atoms with Gasteiger partial charge in [0.15, 0.2) is 0 Å². The number of carbonyl (C=O) groups excluding carboxylic acids is 3. The predicted octanol–water partition coefficient (Wildman–Crippen LogP) is 5.32. The number of hydrogen-bond donors (Lipinski definition) is 3. The molecule has 0 bridgehead atoms. The van der Waals surface area contributed by atoms with Crippen LogP contribution in [0.5, 0.6) is 11.5 Å². The smallest absolute Gasteiger partial charge is 0.305 e. The quantitative estimate of drug-likeness (QED) is 0.164. The van der Waals surface area contributed by atoms with E-state index in [0.29, 0.717) is 41.5 Å². The monoisotopic (exact) mass is 536 g/mol. The van der Waals surface area contributed by atoms with Crippen LogP contribution in [0.4, 0.5) is 0 Å². The van der Waals surface area contributed by atoms with Gasteiger partial charge in [0, 0.05) is 53.7 Å². The highest BCUT2D eigenvalue weighted by Crippen LogP contribution is 2.33. The molecule has 0 spiro atoms. The normalized spacial score (nSPS) is 10.8. The van der Waals surface area contributed by atoms with E-state index < -0.39 is 0 Å². The van der Waals surface area contributed by atoms with Crippen molar-refractivity contribution in [2.75, 3.05) is 7.11 Å². The molecule has 5 aromatic rings. The maximum absolute atomic E-state index is 13.2. The number of methoxy groups -OCH3 is 1. The molecule has 9 heteroatoms. The largest absolute Gasteiger partial charge is 0.469 e. The number of aromatic amines is 2. The highest BCUT2D eigenvalue weighted by molar-refractivity contribution is 6.08. The van der Waals surface area contributed by atoms with E-state index in [1.807, 2.05) is 54.7 Å². The molecule has 9 nitrogen and oxygen atoms in total. The summed E-state index contributed by atoms with van der Waals surface area (Å²) in [5.74, 6) is 1.11. The van der Waals surface area contributed by atoms with Gasteiger partial charge in [0.1, 0.15) is 23.0 Å². The zero-order valence-electron chi connectivity index (χ0n) is 22.1. The van der Waals surface area contributed by atoms with Crippen LogP contribution in [-0.2, 0) is 27.3 Å². The number of imidazole rings is 1. The van der Waals surface area contributed by atoms with E-state index in [2.05, 4.69) is 20.3 Å². The maximum Gasteiger partial charge on any atom is 0.305 e. The topological polar surface area (TPSA) is 126 Å². The van der Waals surface area contributed by atoms with E-state index in [9.17, 15) is 14.4 Å². The summed E-state index contributed by atoms with van der Waals surface area (Å²) in [7, 11) is 1.35. The molecule has 3 N–H and O–H groups in total. The zero-order chi connectivity index (χ0) is 28.1. The molecule has 3 aromatic carbocycles. The minimum atomic E-state index is -0.296. The van der Waals surface area contributed by atoms with Crippen molar-refractivity contribution in [3.05, 3.63) is 102 Å². The number of H-pyrrole nitrogens is 2. The van der Waals surface area contributed by atoms with Gasteiger partial charge < -0.3 is 24.8 Å². The number of carbonyl (C=O) groups is 3. The first-order chi connectivity index (χ1) is 19.4. The molecule has 202 valence electrons. The highest BCUT2D eigenvalue weighted by atomic mass is 16.5. The van der Waals surface area contributed by atoms with Crippen LogP contribution >= 0.6 is 0 Å². The van der Waals surface area contributed by atoms with Crippen LogP contribution in [0.1, 0.15) is 40.5 Å². The van der Waals surface area contributed by atoms with Crippen LogP contribution < -0.4 is 10.1 Å². The van der Waals surface area contributed by atoms with Crippen LogP contribution in [-0.4, -0.2) is 39.7 Å². The van der Waals surface area contributed by atoms with Gasteiger partial charge in [0.05, 0.1) is 13.3 Å². The van der Waals surface area contributed by atoms with E-state index in [1.165, 1.54) is 20.2 Å². The van der Waals surface area contributed by atoms with Crippen LogP contribution in [0.25, 0.3) is 22.3 Å². The Balaban J connectivity index is 1.35. The Hall–Kier alpha value is -5.18. The number of ether oxygens (including phenoxy) is 2. The molecule has 0 aliphatic rings. The molecule has 40 heavy (non-hydrogen) atoms. The van der Waals surface area contributed by atoms with Crippen LogP contribution in [0, 0.1) is 0 Å². The Kier molecular flexibility index (Phi) is 7.72. The summed E-state index contributed by atoms with van der Waals surface area (Å²) >= 11 is 0. The third-order valence-electron chi connectivity index (χ3n) is 6.51. The second-order valence-electron chi connectivity index (χ2n) is 9.27. The standard InChI is InChI=1S/C31H28N4O5/c1-19(36)33-17-25-24-13-14-32-26(24)10-11-28(25)40-23-8-4-7-22(16-23)31-34-18-27(35-31)30(38)21-6-3-5-20(15-21)9-12-29(37)39-2/h3-8,10-11,13-16,18,32H,9,12,17H2,1-2H3,(H,33,36)(H,34,35). The van der Waals surface area contributed by atoms with Gasteiger partial charge in [0.2, 0.25) is 11.7 Å². The molecule has 0 radical (unpaired) electrons. The number of aromatic nitrogens is 3. The Labute approximate surface area is 230 Å². The molecule has 0 saturated carbocycles. The Morgan fingerprint density at radius 3 is 2.67 bits per heavy atom. The summed E-state index contributed by atoms with van der Waals surface area (Å²) < 4.78 is 11.0. The number of nitrogens with zero attached hydrogens (tertiary/aromatic N) is 1. The molecule has 0 aliphatic heterocycles. The van der Waals surface area contributed by atoms with E-state index >= 15 is 0 Å². The number of hydrogen-bond acceptors (Lipinski definition) is 6. The first-order valence-corrected chi connectivity index (χ1v) is 12.8. The van der Waals surface area contributed by atoms with E-state index in [0.717, 1.165) is 27.6 Å². The molecule has 0 aliphatic carbocycles. The second-order valence-corrected chi connectivity index (χ2v) is 9.27. The third kappa shape index (κ3) is 5.94. The summed E-state index contributed by atoms with van der Waals surface area (Å²) in [4.78, 5) is 46.9. The fourth-order valence-electron chi connectivity index (χ4n) is 4.46. The van der Waals surface area contributed by atoms with E-state index in [1.54, 1.807) is 18.2 Å². The van der Waals surface area contributed by atoms with Crippen molar-refractivity contribution < 1.29 is 23.9 Å². The number of esters is 1. The summed E-state index contributed by atoms with van der Waals surface area (Å²) in [5, 5.41) is 3.82. The Morgan fingerprint density at radius 2 is 1.85 bits per heavy atom. The van der Waals surface area contributed by atoms with Crippen molar-refractivity contribution in [1.29, 1.82) is 0 Å². The molecule has 1 amide bonds. The number of benzene rings is 3. The van der Waals surface area contributed by atoms with Crippen LogP contribution in [0.3, 0.4) is 0 Å². The van der Waals surface area contributed by atoms with Gasteiger partial charge in [0.25, 0.3) is 0 Å². The van der Waals surface area contributed by atoms with Gasteiger partial charge in [-0.05, 0) is 48.4 Å². The number of aryl methyl sites for hydroxylation is 1. The lowest BCUT2D eigenvalue weighted by Gasteiger charge is -2.13. The molecular formula is C31H28N4O5. The van der Waals surface area contributed by atoms with Gasteiger partial charge in [-0.3, -0.25) is 14.4 Å². The van der Waals surface area contributed by atoms with Gasteiger partial charge in [-0.25, -0.2) is 4.98 Å². The number of ketones is 1. The molecule has 0 saturated heterocycles. The summed E-state index contributed by atoms with van der Waals surface area (Å²) in [5.41, 5.74) is 4.27. The van der Waals surface area contributed by atoms with Gasteiger partial charge in [-0.15, -0.1) is 0 Å². The Morgan fingerprint density at radius 1 is 1.00 bits per heavy atom. The summed E-state index contributed by atoms with van der Waals surface area (Å²) in [6.45, 7) is 1.80. The first-order valence-electron chi connectivity index (χ1n) is 12.8. The third-order valence-corrected chi connectivity index (χ3v) is 6.51. The van der Waals surface area contributed by atoms with Gasteiger partial charge >= 0.3 is 5.97 Å². The van der Waals surface area contributed by atoms with Crippen molar-refractivity contribution >= 4 is 28.6 Å². The average Bonchev–Trinajstić information content (AvgIpc) is 3.65. The van der Waals surface area contributed by atoms with Gasteiger partial charge in [-0.2, -0.15) is 0 Å². The zero-order valence-corrected chi connectivity index (χ0v) is 22.1. The van der Waals surface area contributed by atoms with Crippen molar-refractivity contribution in [3.8, 4) is 22.9 Å². The minimum absolute atomic E-state index is 0.128. The molecule has 0 unspecified atom stereocenters.